The van der Waals surface area contributed by atoms with Gasteiger partial charge in [0.05, 0.1) is 18.5 Å². The third-order valence-electron chi connectivity index (χ3n) is 4.48. The van der Waals surface area contributed by atoms with Gasteiger partial charge in [0.15, 0.2) is 0 Å². The Hall–Kier alpha value is -1.72. The summed E-state index contributed by atoms with van der Waals surface area (Å²) in [5.74, 6) is -1.04. The first kappa shape index (κ1) is 16.1. The molecule has 1 fully saturated rings. The number of hydrogen-bond acceptors (Lipinski definition) is 4. The molecule has 2 aromatic carbocycles. The van der Waals surface area contributed by atoms with E-state index in [0.29, 0.717) is 6.54 Å². The maximum atomic E-state index is 6.12. The zero-order chi connectivity index (χ0) is 16.3. The van der Waals surface area contributed by atoms with Gasteiger partial charge >= 0.3 is 5.97 Å². The van der Waals surface area contributed by atoms with Crippen LogP contribution in [0.2, 0.25) is 0 Å². The van der Waals surface area contributed by atoms with Crippen molar-refractivity contribution >= 4 is 0 Å². The van der Waals surface area contributed by atoms with Crippen LogP contribution >= 0.6 is 0 Å². The van der Waals surface area contributed by atoms with Gasteiger partial charge in [-0.3, -0.25) is 0 Å². The Bertz CT molecular complexity index is 613. The van der Waals surface area contributed by atoms with Crippen molar-refractivity contribution in [3.8, 4) is 0 Å². The molecule has 1 heterocycles. The topological polar surface area (TPSA) is 30.9 Å². The van der Waals surface area contributed by atoms with E-state index in [-0.39, 0.29) is 12.0 Å². The first-order valence-electron chi connectivity index (χ1n) is 7.85. The van der Waals surface area contributed by atoms with E-state index in [9.17, 15) is 0 Å². The second-order valence-electron chi connectivity index (χ2n) is 5.81. The van der Waals surface area contributed by atoms with Gasteiger partial charge in [0.1, 0.15) is 0 Å². The summed E-state index contributed by atoms with van der Waals surface area (Å²) >= 11 is 0. The highest BCUT2D eigenvalue weighted by Gasteiger charge is 2.54. The highest BCUT2D eigenvalue weighted by atomic mass is 16.9. The molecule has 0 spiro atoms. The zero-order valence-electron chi connectivity index (χ0n) is 13.8. The Morgan fingerprint density at radius 2 is 1.52 bits per heavy atom. The van der Waals surface area contributed by atoms with Crippen molar-refractivity contribution in [3.63, 3.8) is 0 Å². The van der Waals surface area contributed by atoms with E-state index in [2.05, 4.69) is 31.2 Å². The van der Waals surface area contributed by atoms with E-state index >= 15 is 0 Å². The molecule has 4 heteroatoms. The van der Waals surface area contributed by atoms with E-state index in [1.165, 1.54) is 11.1 Å². The number of rotatable bonds is 5. The predicted molar refractivity (Wildman–Crippen MR) is 88.2 cm³/mol. The quantitative estimate of drug-likeness (QED) is 0.787. The highest BCUT2D eigenvalue weighted by Crippen LogP contribution is 2.46. The normalized spacial score (nSPS) is 24.0. The van der Waals surface area contributed by atoms with Gasteiger partial charge in [-0.1, -0.05) is 67.6 Å². The molecule has 23 heavy (non-hydrogen) atoms. The maximum absolute atomic E-state index is 6.12. The van der Waals surface area contributed by atoms with Gasteiger partial charge in [0, 0.05) is 14.2 Å². The Morgan fingerprint density at radius 1 is 0.957 bits per heavy atom. The molecule has 0 aliphatic carbocycles. The molecular formula is C19H23NO3. The molecule has 0 amide bonds. The summed E-state index contributed by atoms with van der Waals surface area (Å²) in [6.45, 7) is 2.76. The lowest BCUT2D eigenvalue weighted by atomic mass is 9.93. The van der Waals surface area contributed by atoms with E-state index < -0.39 is 5.97 Å². The lowest BCUT2D eigenvalue weighted by molar-refractivity contribution is -0.412. The molecule has 4 nitrogen and oxygen atoms in total. The zero-order valence-corrected chi connectivity index (χ0v) is 13.8. The van der Waals surface area contributed by atoms with Crippen molar-refractivity contribution in [2.75, 3.05) is 14.2 Å². The lowest BCUT2D eigenvalue weighted by Gasteiger charge is -2.28. The summed E-state index contributed by atoms with van der Waals surface area (Å²) < 4.78 is 11.2. The van der Waals surface area contributed by atoms with Crippen LogP contribution in [-0.4, -0.2) is 25.3 Å². The smallest absolute Gasteiger partial charge is 0.303 e. The third kappa shape index (κ3) is 3.03. The molecule has 0 saturated carbocycles. The second-order valence-corrected chi connectivity index (χ2v) is 5.81. The molecule has 1 aliphatic rings. The molecule has 122 valence electrons. The summed E-state index contributed by atoms with van der Waals surface area (Å²) in [6, 6.07) is 20.7. The standard InChI is InChI=1S/C19H23NO3/c1-15-18(17-12-8-5-9-13-17)20(23-19(15,21-2)22-3)14-16-10-6-4-7-11-16/h4-13,15,18H,14H2,1-3H3/t15-,18+/m1/s1. The van der Waals surface area contributed by atoms with Crippen LogP contribution in [0.5, 0.6) is 0 Å². The summed E-state index contributed by atoms with van der Waals surface area (Å²) in [5.41, 5.74) is 2.37. The van der Waals surface area contributed by atoms with Crippen LogP contribution in [0, 0.1) is 5.92 Å². The number of methoxy groups -OCH3 is 2. The largest absolute Gasteiger partial charge is 0.329 e. The fourth-order valence-electron chi connectivity index (χ4n) is 3.27. The van der Waals surface area contributed by atoms with Gasteiger partial charge in [0.25, 0.3) is 0 Å². The van der Waals surface area contributed by atoms with Gasteiger partial charge in [0.2, 0.25) is 0 Å². The van der Waals surface area contributed by atoms with Crippen LogP contribution in [0.15, 0.2) is 60.7 Å². The Morgan fingerprint density at radius 3 is 2.09 bits per heavy atom. The van der Waals surface area contributed by atoms with Gasteiger partial charge in [-0.15, -0.1) is 0 Å². The van der Waals surface area contributed by atoms with Crippen LogP contribution in [0.25, 0.3) is 0 Å². The van der Waals surface area contributed by atoms with Crippen molar-refractivity contribution in [3.05, 3.63) is 71.8 Å². The maximum Gasteiger partial charge on any atom is 0.303 e. The molecule has 0 bridgehead atoms. The number of hydrogen-bond donors (Lipinski definition) is 0. The summed E-state index contributed by atoms with van der Waals surface area (Å²) in [6.07, 6.45) is 0. The Labute approximate surface area is 137 Å². The second kappa shape index (κ2) is 6.81. The molecule has 0 radical (unpaired) electrons. The molecule has 3 rings (SSSR count). The van der Waals surface area contributed by atoms with Crippen LogP contribution in [0.1, 0.15) is 24.1 Å². The molecule has 0 aromatic heterocycles. The first-order valence-corrected chi connectivity index (χ1v) is 7.85. The minimum Gasteiger partial charge on any atom is -0.329 e. The lowest BCUT2D eigenvalue weighted by Crippen LogP contribution is -2.39. The van der Waals surface area contributed by atoms with Gasteiger partial charge in [-0.2, -0.15) is 5.06 Å². The fourth-order valence-corrected chi connectivity index (χ4v) is 3.27. The molecule has 0 N–H and O–H groups in total. The number of nitrogens with zero attached hydrogens (tertiary/aromatic N) is 1. The van der Waals surface area contributed by atoms with Crippen molar-refractivity contribution in [2.45, 2.75) is 25.5 Å². The molecular weight excluding hydrogens is 290 g/mol. The SMILES string of the molecule is COC1(OC)ON(Cc2ccccc2)[C@H](c2ccccc2)[C@H]1C. The van der Waals surface area contributed by atoms with Crippen LogP contribution in [-0.2, 0) is 20.9 Å². The minimum atomic E-state index is -1.06. The first-order chi connectivity index (χ1) is 11.2. The van der Waals surface area contributed by atoms with Crippen molar-refractivity contribution < 1.29 is 14.3 Å². The summed E-state index contributed by atoms with van der Waals surface area (Å²) in [4.78, 5) is 6.12. The average Bonchev–Trinajstić information content (AvgIpc) is 2.88. The van der Waals surface area contributed by atoms with Crippen molar-refractivity contribution in [1.82, 2.24) is 5.06 Å². The van der Waals surface area contributed by atoms with Crippen molar-refractivity contribution in [1.29, 1.82) is 0 Å². The van der Waals surface area contributed by atoms with Crippen LogP contribution in [0.4, 0.5) is 0 Å². The summed E-state index contributed by atoms with van der Waals surface area (Å²) in [5, 5.41) is 1.96. The average molecular weight is 313 g/mol. The Kier molecular flexibility index (Phi) is 4.78. The molecule has 0 unspecified atom stereocenters. The van der Waals surface area contributed by atoms with Crippen LogP contribution in [0.3, 0.4) is 0 Å². The van der Waals surface area contributed by atoms with Gasteiger partial charge in [-0.25, -0.2) is 4.84 Å². The van der Waals surface area contributed by atoms with Crippen molar-refractivity contribution in [2.24, 2.45) is 5.92 Å². The minimum absolute atomic E-state index is 0.0172. The summed E-state index contributed by atoms with van der Waals surface area (Å²) in [7, 11) is 3.24. The Balaban J connectivity index is 1.94. The van der Waals surface area contributed by atoms with Crippen LogP contribution < -0.4 is 0 Å². The fraction of sp³-hybridized carbons (Fsp3) is 0.368. The van der Waals surface area contributed by atoms with Gasteiger partial charge < -0.3 is 9.47 Å². The molecule has 2 aromatic rings. The number of benzene rings is 2. The number of hydroxylamine groups is 2. The monoisotopic (exact) mass is 313 g/mol. The van der Waals surface area contributed by atoms with E-state index in [4.69, 9.17) is 14.3 Å². The van der Waals surface area contributed by atoms with E-state index in [1.54, 1.807) is 14.2 Å². The third-order valence-corrected chi connectivity index (χ3v) is 4.48. The highest BCUT2D eigenvalue weighted by molar-refractivity contribution is 5.22. The molecule has 1 saturated heterocycles. The van der Waals surface area contributed by atoms with E-state index in [0.717, 1.165) is 0 Å². The molecule has 1 aliphatic heterocycles. The van der Waals surface area contributed by atoms with Gasteiger partial charge in [-0.05, 0) is 11.1 Å². The predicted octanol–water partition coefficient (Wildman–Crippen LogP) is 3.76. The molecule has 2 atom stereocenters. The van der Waals surface area contributed by atoms with E-state index in [1.807, 2.05) is 41.5 Å². The number of ether oxygens (including phenoxy) is 2.